The molecule has 0 aromatic heterocycles. The minimum absolute atomic E-state index is 0.376. The maximum atomic E-state index is 5.55. The van der Waals surface area contributed by atoms with Crippen LogP contribution in [-0.4, -0.2) is 49.3 Å². The maximum absolute atomic E-state index is 5.55. The molecule has 1 fully saturated rings. The highest BCUT2D eigenvalue weighted by Crippen LogP contribution is 2.10. The van der Waals surface area contributed by atoms with Gasteiger partial charge in [-0.2, -0.15) is 0 Å². The first-order valence-corrected chi connectivity index (χ1v) is 7.18. The van der Waals surface area contributed by atoms with E-state index in [0.717, 1.165) is 6.61 Å². The van der Waals surface area contributed by atoms with Crippen LogP contribution in [0.5, 0.6) is 0 Å². The predicted molar refractivity (Wildman–Crippen MR) is 73.4 cm³/mol. The summed E-state index contributed by atoms with van der Waals surface area (Å²) in [6.45, 7) is 13.3. The van der Waals surface area contributed by atoms with Gasteiger partial charge in [0.25, 0.3) is 0 Å². The zero-order chi connectivity index (χ0) is 12.7. The number of ether oxygens (including phenoxy) is 1. The quantitative estimate of drug-likeness (QED) is 0.661. The van der Waals surface area contributed by atoms with E-state index < -0.39 is 0 Å². The van der Waals surface area contributed by atoms with Gasteiger partial charge < -0.3 is 15.0 Å². The minimum atomic E-state index is 0.376. The Morgan fingerprint density at radius 2 is 2.00 bits per heavy atom. The van der Waals surface area contributed by atoms with E-state index in [1.165, 1.54) is 38.9 Å². The van der Waals surface area contributed by atoms with Crippen molar-refractivity contribution in [2.75, 3.05) is 26.2 Å². The topological polar surface area (TPSA) is 24.5 Å². The molecule has 0 aliphatic carbocycles. The molecule has 1 atom stereocenters. The molecule has 17 heavy (non-hydrogen) atoms. The summed E-state index contributed by atoms with van der Waals surface area (Å²) in [6, 6.07) is 1.32. The predicted octanol–water partition coefficient (Wildman–Crippen LogP) is 2.26. The molecule has 0 saturated carbocycles. The molecule has 0 radical (unpaired) electrons. The van der Waals surface area contributed by atoms with Gasteiger partial charge in [-0.1, -0.05) is 13.8 Å². The van der Waals surface area contributed by atoms with Crippen molar-refractivity contribution in [1.29, 1.82) is 0 Å². The van der Waals surface area contributed by atoms with E-state index in [9.17, 15) is 0 Å². The van der Waals surface area contributed by atoms with Crippen LogP contribution >= 0.6 is 0 Å². The molecule has 102 valence electrons. The van der Waals surface area contributed by atoms with Crippen molar-refractivity contribution >= 4 is 0 Å². The molecule has 0 aromatic rings. The van der Waals surface area contributed by atoms with E-state index in [0.29, 0.717) is 18.2 Å². The standard InChI is InChI=1S/C14H30N2O/c1-12(2)15-14-7-9-16(11-14)8-5-6-10-17-13(3)4/h12-15H,5-11H2,1-4H3. The van der Waals surface area contributed by atoms with Gasteiger partial charge in [0.05, 0.1) is 6.10 Å². The number of hydrogen-bond acceptors (Lipinski definition) is 3. The molecule has 1 aliphatic rings. The van der Waals surface area contributed by atoms with Gasteiger partial charge in [0.1, 0.15) is 0 Å². The van der Waals surface area contributed by atoms with Crippen molar-refractivity contribution in [3.8, 4) is 0 Å². The Bertz CT molecular complexity index is 195. The average Bonchev–Trinajstić information content (AvgIpc) is 2.63. The summed E-state index contributed by atoms with van der Waals surface area (Å²) in [5, 5.41) is 3.62. The molecule has 0 aromatic carbocycles. The summed E-state index contributed by atoms with van der Waals surface area (Å²) in [4.78, 5) is 2.58. The van der Waals surface area contributed by atoms with Crippen LogP contribution in [0.3, 0.4) is 0 Å². The number of likely N-dealkylation sites (tertiary alicyclic amines) is 1. The van der Waals surface area contributed by atoms with E-state index in [-0.39, 0.29) is 0 Å². The molecule has 1 saturated heterocycles. The van der Waals surface area contributed by atoms with E-state index in [1.807, 2.05) is 0 Å². The highest BCUT2D eigenvalue weighted by atomic mass is 16.5. The summed E-state index contributed by atoms with van der Waals surface area (Å²) in [5.74, 6) is 0. The second-order valence-corrected chi connectivity index (χ2v) is 5.73. The third-order valence-electron chi connectivity index (χ3n) is 3.16. The van der Waals surface area contributed by atoms with Gasteiger partial charge in [-0.25, -0.2) is 0 Å². The second kappa shape index (κ2) is 8.06. The lowest BCUT2D eigenvalue weighted by molar-refractivity contribution is 0.0746. The Hall–Kier alpha value is -0.120. The summed E-state index contributed by atoms with van der Waals surface area (Å²) >= 11 is 0. The summed E-state index contributed by atoms with van der Waals surface area (Å²) in [7, 11) is 0. The van der Waals surface area contributed by atoms with Crippen LogP contribution in [-0.2, 0) is 4.74 Å². The van der Waals surface area contributed by atoms with Gasteiger partial charge >= 0.3 is 0 Å². The molecule has 1 aliphatic heterocycles. The number of nitrogens with zero attached hydrogens (tertiary/aromatic N) is 1. The number of unbranched alkanes of at least 4 members (excludes halogenated alkanes) is 1. The third-order valence-corrected chi connectivity index (χ3v) is 3.16. The van der Waals surface area contributed by atoms with Crippen LogP contribution in [0.2, 0.25) is 0 Å². The van der Waals surface area contributed by atoms with Crippen LogP contribution in [0.25, 0.3) is 0 Å². The van der Waals surface area contributed by atoms with E-state index in [1.54, 1.807) is 0 Å². The molecular weight excluding hydrogens is 212 g/mol. The Balaban J connectivity index is 1.98. The largest absolute Gasteiger partial charge is 0.379 e. The van der Waals surface area contributed by atoms with Gasteiger partial charge in [-0.15, -0.1) is 0 Å². The lowest BCUT2D eigenvalue weighted by atomic mass is 10.2. The molecule has 0 bridgehead atoms. The molecule has 1 rings (SSSR count). The zero-order valence-electron chi connectivity index (χ0n) is 12.0. The molecule has 0 spiro atoms. The molecule has 1 heterocycles. The lowest BCUT2D eigenvalue weighted by Gasteiger charge is -2.18. The Labute approximate surface area is 107 Å². The van der Waals surface area contributed by atoms with Gasteiger partial charge in [0.2, 0.25) is 0 Å². The van der Waals surface area contributed by atoms with Crippen molar-refractivity contribution in [2.24, 2.45) is 0 Å². The first-order valence-electron chi connectivity index (χ1n) is 7.18. The minimum Gasteiger partial charge on any atom is -0.379 e. The Morgan fingerprint density at radius 1 is 1.24 bits per heavy atom. The molecule has 3 nitrogen and oxygen atoms in total. The van der Waals surface area contributed by atoms with Crippen molar-refractivity contribution in [2.45, 2.75) is 65.1 Å². The molecule has 3 heteroatoms. The third kappa shape index (κ3) is 7.02. The Kier molecular flexibility index (Phi) is 7.09. The van der Waals surface area contributed by atoms with Crippen LogP contribution in [0.1, 0.15) is 47.0 Å². The van der Waals surface area contributed by atoms with Gasteiger partial charge in [0.15, 0.2) is 0 Å². The van der Waals surface area contributed by atoms with Gasteiger partial charge in [-0.05, 0) is 46.2 Å². The fraction of sp³-hybridized carbons (Fsp3) is 1.00. The van der Waals surface area contributed by atoms with E-state index >= 15 is 0 Å². The molecular formula is C14H30N2O. The SMILES string of the molecule is CC(C)NC1CCN(CCCCOC(C)C)C1. The zero-order valence-corrected chi connectivity index (χ0v) is 12.0. The van der Waals surface area contributed by atoms with E-state index in [4.69, 9.17) is 4.74 Å². The lowest BCUT2D eigenvalue weighted by Crippen LogP contribution is -2.37. The number of hydrogen-bond donors (Lipinski definition) is 1. The van der Waals surface area contributed by atoms with E-state index in [2.05, 4.69) is 37.9 Å². The average molecular weight is 242 g/mol. The monoisotopic (exact) mass is 242 g/mol. The van der Waals surface area contributed by atoms with Crippen molar-refractivity contribution in [3.63, 3.8) is 0 Å². The number of rotatable bonds is 8. The second-order valence-electron chi connectivity index (χ2n) is 5.73. The summed E-state index contributed by atoms with van der Waals surface area (Å²) in [5.41, 5.74) is 0. The van der Waals surface area contributed by atoms with Crippen LogP contribution < -0.4 is 5.32 Å². The first kappa shape index (κ1) is 14.9. The first-order chi connectivity index (χ1) is 8.08. The Morgan fingerprint density at radius 3 is 2.65 bits per heavy atom. The van der Waals surface area contributed by atoms with Crippen molar-refractivity contribution < 1.29 is 4.74 Å². The summed E-state index contributed by atoms with van der Waals surface area (Å²) in [6.07, 6.45) is 4.14. The van der Waals surface area contributed by atoms with Crippen molar-refractivity contribution in [1.82, 2.24) is 10.2 Å². The van der Waals surface area contributed by atoms with Gasteiger partial charge in [0, 0.05) is 25.2 Å². The molecule has 1 unspecified atom stereocenters. The highest BCUT2D eigenvalue weighted by molar-refractivity contribution is 4.81. The van der Waals surface area contributed by atoms with Crippen LogP contribution in [0.4, 0.5) is 0 Å². The number of nitrogens with one attached hydrogen (secondary N) is 1. The van der Waals surface area contributed by atoms with Crippen LogP contribution in [0, 0.1) is 0 Å². The van der Waals surface area contributed by atoms with Crippen LogP contribution in [0.15, 0.2) is 0 Å². The maximum Gasteiger partial charge on any atom is 0.0518 e. The normalized spacial score (nSPS) is 21.9. The fourth-order valence-corrected chi connectivity index (χ4v) is 2.40. The summed E-state index contributed by atoms with van der Waals surface area (Å²) < 4.78 is 5.55. The fourth-order valence-electron chi connectivity index (χ4n) is 2.40. The molecule has 0 amide bonds. The smallest absolute Gasteiger partial charge is 0.0518 e. The van der Waals surface area contributed by atoms with Gasteiger partial charge in [-0.3, -0.25) is 0 Å². The molecule has 1 N–H and O–H groups in total. The highest BCUT2D eigenvalue weighted by Gasteiger charge is 2.21. The van der Waals surface area contributed by atoms with Crippen molar-refractivity contribution in [3.05, 3.63) is 0 Å².